The van der Waals surface area contributed by atoms with E-state index in [1.54, 1.807) is 13.3 Å². The number of benzene rings is 2. The number of ether oxygens (including phenoxy) is 4. The van der Waals surface area contributed by atoms with Crippen LogP contribution in [0, 0.1) is 0 Å². The predicted molar refractivity (Wildman–Crippen MR) is 146 cm³/mol. The van der Waals surface area contributed by atoms with Gasteiger partial charge in [-0.25, -0.2) is 5.43 Å². The summed E-state index contributed by atoms with van der Waals surface area (Å²) in [6, 6.07) is 13.2. The molecule has 0 radical (unpaired) electrons. The van der Waals surface area contributed by atoms with Crippen LogP contribution in [0.3, 0.4) is 0 Å². The largest absolute Gasteiger partial charge is 0.493 e. The normalized spacial score (nSPS) is 16.1. The van der Waals surface area contributed by atoms with Crippen molar-refractivity contribution in [3.63, 3.8) is 0 Å². The second-order valence-corrected chi connectivity index (χ2v) is 9.03. The van der Waals surface area contributed by atoms with Gasteiger partial charge in [0, 0.05) is 36.8 Å². The molecule has 0 saturated carbocycles. The standard InChI is InChI=1S/C26H30ClN7O4/c1-35-23-16-19(6-7-22(23)38-18-20-4-2-3-5-21(20)27)17-28-32-24-29-25(33-8-12-36-13-9-33)31-26(30-24)34-10-14-37-15-11-34/h2-7,16-17H,8-15,18H2,1H3,(H,29,30,31,32)/b28-17+. The number of nitrogens with zero attached hydrogens (tertiary/aromatic N) is 6. The van der Waals surface area contributed by atoms with Gasteiger partial charge >= 0.3 is 0 Å². The number of aromatic nitrogens is 3. The zero-order valence-corrected chi connectivity index (χ0v) is 21.9. The van der Waals surface area contributed by atoms with Crippen molar-refractivity contribution in [1.82, 2.24) is 15.0 Å². The van der Waals surface area contributed by atoms with Gasteiger partial charge in [-0.2, -0.15) is 20.1 Å². The molecule has 2 saturated heterocycles. The van der Waals surface area contributed by atoms with E-state index < -0.39 is 0 Å². The fraction of sp³-hybridized carbons (Fsp3) is 0.385. The summed E-state index contributed by atoms with van der Waals surface area (Å²) in [5.41, 5.74) is 4.68. The molecule has 0 unspecified atom stereocenters. The van der Waals surface area contributed by atoms with Crippen LogP contribution in [0.25, 0.3) is 0 Å². The molecule has 0 atom stereocenters. The first kappa shape index (κ1) is 26.0. The van der Waals surface area contributed by atoms with Crippen LogP contribution in [0.15, 0.2) is 47.6 Å². The van der Waals surface area contributed by atoms with Crippen molar-refractivity contribution < 1.29 is 18.9 Å². The maximum absolute atomic E-state index is 6.24. The van der Waals surface area contributed by atoms with Gasteiger partial charge in [-0.15, -0.1) is 0 Å². The molecule has 12 heteroatoms. The molecule has 38 heavy (non-hydrogen) atoms. The summed E-state index contributed by atoms with van der Waals surface area (Å²) in [7, 11) is 1.60. The number of anilines is 3. The van der Waals surface area contributed by atoms with Crippen LogP contribution >= 0.6 is 11.6 Å². The average molecular weight is 540 g/mol. The lowest BCUT2D eigenvalue weighted by Crippen LogP contribution is -2.40. The molecule has 0 spiro atoms. The third-order valence-corrected chi connectivity index (χ3v) is 6.48. The van der Waals surface area contributed by atoms with E-state index in [1.165, 1.54) is 0 Å². The molecule has 200 valence electrons. The molecule has 2 fully saturated rings. The van der Waals surface area contributed by atoms with Crippen LogP contribution in [-0.4, -0.2) is 80.9 Å². The Hall–Kier alpha value is -3.67. The van der Waals surface area contributed by atoms with Gasteiger partial charge < -0.3 is 28.7 Å². The maximum Gasteiger partial charge on any atom is 0.250 e. The number of hydrogen-bond acceptors (Lipinski definition) is 11. The van der Waals surface area contributed by atoms with Crippen molar-refractivity contribution in [1.29, 1.82) is 0 Å². The molecule has 3 heterocycles. The Morgan fingerprint density at radius 3 is 2.21 bits per heavy atom. The average Bonchev–Trinajstić information content (AvgIpc) is 2.98. The molecular weight excluding hydrogens is 510 g/mol. The molecule has 2 aromatic carbocycles. The second kappa shape index (κ2) is 12.7. The zero-order valence-electron chi connectivity index (χ0n) is 21.2. The van der Waals surface area contributed by atoms with Gasteiger partial charge in [0.15, 0.2) is 11.5 Å². The monoisotopic (exact) mass is 539 g/mol. The lowest BCUT2D eigenvalue weighted by Gasteiger charge is -2.30. The van der Waals surface area contributed by atoms with E-state index in [-0.39, 0.29) is 0 Å². The van der Waals surface area contributed by atoms with Crippen LogP contribution in [-0.2, 0) is 16.1 Å². The van der Waals surface area contributed by atoms with Crippen LogP contribution in [0.2, 0.25) is 5.02 Å². The number of hydrazone groups is 1. The quantitative estimate of drug-likeness (QED) is 0.322. The minimum Gasteiger partial charge on any atom is -0.493 e. The van der Waals surface area contributed by atoms with Crippen LogP contribution in [0.4, 0.5) is 17.8 Å². The van der Waals surface area contributed by atoms with Crippen LogP contribution < -0.4 is 24.7 Å². The lowest BCUT2D eigenvalue weighted by atomic mass is 10.2. The molecule has 1 aromatic heterocycles. The summed E-state index contributed by atoms with van der Waals surface area (Å²) < 4.78 is 22.4. The summed E-state index contributed by atoms with van der Waals surface area (Å²) in [6.07, 6.45) is 1.67. The van der Waals surface area contributed by atoms with Crippen LogP contribution in [0.1, 0.15) is 11.1 Å². The Bertz CT molecular complexity index is 1210. The first-order valence-electron chi connectivity index (χ1n) is 12.4. The van der Waals surface area contributed by atoms with Crippen molar-refractivity contribution in [2.75, 3.05) is 74.9 Å². The van der Waals surface area contributed by atoms with E-state index in [1.807, 2.05) is 42.5 Å². The van der Waals surface area contributed by atoms with Crippen molar-refractivity contribution in [3.05, 3.63) is 58.6 Å². The molecule has 1 N–H and O–H groups in total. The number of hydrogen-bond donors (Lipinski definition) is 1. The second-order valence-electron chi connectivity index (χ2n) is 8.62. The molecule has 2 aliphatic heterocycles. The molecule has 3 aromatic rings. The summed E-state index contributed by atoms with van der Waals surface area (Å²) in [6.45, 7) is 5.78. The Balaban J connectivity index is 1.29. The maximum atomic E-state index is 6.24. The summed E-state index contributed by atoms with van der Waals surface area (Å²) in [5, 5.41) is 5.03. The summed E-state index contributed by atoms with van der Waals surface area (Å²) >= 11 is 6.24. The highest BCUT2D eigenvalue weighted by Crippen LogP contribution is 2.29. The number of methoxy groups -OCH3 is 1. The Morgan fingerprint density at radius 2 is 1.58 bits per heavy atom. The van der Waals surface area contributed by atoms with Crippen molar-refractivity contribution >= 4 is 35.7 Å². The highest BCUT2D eigenvalue weighted by atomic mass is 35.5. The molecule has 0 aliphatic carbocycles. The van der Waals surface area contributed by atoms with Gasteiger partial charge in [0.2, 0.25) is 17.8 Å². The first-order valence-corrected chi connectivity index (χ1v) is 12.8. The fourth-order valence-corrected chi connectivity index (χ4v) is 4.22. The smallest absolute Gasteiger partial charge is 0.250 e. The van der Waals surface area contributed by atoms with E-state index in [4.69, 9.17) is 35.5 Å². The Kier molecular flexibility index (Phi) is 8.69. The van der Waals surface area contributed by atoms with Crippen molar-refractivity contribution in [2.45, 2.75) is 6.61 Å². The molecular formula is C26H30ClN7O4. The molecule has 0 bridgehead atoms. The van der Waals surface area contributed by atoms with Crippen molar-refractivity contribution in [3.8, 4) is 11.5 Å². The highest BCUT2D eigenvalue weighted by Gasteiger charge is 2.20. The Labute approximate surface area is 226 Å². The number of nitrogens with one attached hydrogen (secondary N) is 1. The third kappa shape index (κ3) is 6.60. The lowest BCUT2D eigenvalue weighted by molar-refractivity contribution is 0.121. The summed E-state index contributed by atoms with van der Waals surface area (Å²) in [5.74, 6) is 2.77. The Morgan fingerprint density at radius 1 is 0.921 bits per heavy atom. The first-order chi connectivity index (χ1) is 18.7. The van der Waals surface area contributed by atoms with E-state index in [0.717, 1.165) is 37.3 Å². The van der Waals surface area contributed by atoms with E-state index in [2.05, 4.69) is 30.3 Å². The molecule has 11 nitrogen and oxygen atoms in total. The predicted octanol–water partition coefficient (Wildman–Crippen LogP) is 3.23. The zero-order chi connectivity index (χ0) is 26.2. The van der Waals surface area contributed by atoms with Gasteiger partial charge in [-0.3, -0.25) is 0 Å². The minimum atomic E-state index is 0.335. The molecule has 0 amide bonds. The van der Waals surface area contributed by atoms with Gasteiger partial charge in [-0.1, -0.05) is 29.8 Å². The van der Waals surface area contributed by atoms with E-state index in [0.29, 0.717) is 67.4 Å². The van der Waals surface area contributed by atoms with Gasteiger partial charge in [0.25, 0.3) is 0 Å². The number of morpholine rings is 2. The van der Waals surface area contributed by atoms with Gasteiger partial charge in [0.1, 0.15) is 6.61 Å². The van der Waals surface area contributed by atoms with Crippen LogP contribution in [0.5, 0.6) is 11.5 Å². The minimum absolute atomic E-state index is 0.335. The van der Waals surface area contributed by atoms with Gasteiger partial charge in [0.05, 0.1) is 39.8 Å². The number of rotatable bonds is 9. The summed E-state index contributed by atoms with van der Waals surface area (Å²) in [4.78, 5) is 18.1. The molecule has 2 aliphatic rings. The molecule has 5 rings (SSSR count). The highest BCUT2D eigenvalue weighted by molar-refractivity contribution is 6.31. The third-order valence-electron chi connectivity index (χ3n) is 6.11. The fourth-order valence-electron chi connectivity index (χ4n) is 4.03. The van der Waals surface area contributed by atoms with E-state index in [9.17, 15) is 0 Å². The van der Waals surface area contributed by atoms with E-state index >= 15 is 0 Å². The van der Waals surface area contributed by atoms with Gasteiger partial charge in [-0.05, 0) is 29.8 Å². The topological polar surface area (TPSA) is 106 Å². The number of halogens is 1. The van der Waals surface area contributed by atoms with Crippen molar-refractivity contribution in [2.24, 2.45) is 5.10 Å². The SMILES string of the molecule is COc1cc(/C=N/Nc2nc(N3CCOCC3)nc(N3CCOCC3)n2)ccc1OCc1ccccc1Cl.